The molecular weight excluding hydrogens is 206 g/mol. The lowest BCUT2D eigenvalue weighted by molar-refractivity contribution is 0.142. The SMILES string of the molecule is C=CCOC(=O)NC(CO)CCC(C)(C)C. The quantitative estimate of drug-likeness (QED) is 0.686. The minimum Gasteiger partial charge on any atom is -0.445 e. The lowest BCUT2D eigenvalue weighted by atomic mass is 9.89. The molecule has 0 heterocycles. The average Bonchev–Trinajstić information content (AvgIpc) is 2.19. The van der Waals surface area contributed by atoms with Crippen molar-refractivity contribution in [1.82, 2.24) is 5.32 Å². The van der Waals surface area contributed by atoms with Crippen LogP contribution in [0.15, 0.2) is 12.7 Å². The largest absolute Gasteiger partial charge is 0.445 e. The van der Waals surface area contributed by atoms with Crippen molar-refractivity contribution in [2.75, 3.05) is 13.2 Å². The fourth-order valence-electron chi connectivity index (χ4n) is 1.16. The van der Waals surface area contributed by atoms with Crippen molar-refractivity contribution < 1.29 is 14.6 Å². The van der Waals surface area contributed by atoms with Crippen LogP contribution in [0.1, 0.15) is 33.6 Å². The van der Waals surface area contributed by atoms with Crippen molar-refractivity contribution in [3.05, 3.63) is 12.7 Å². The van der Waals surface area contributed by atoms with Crippen LogP contribution < -0.4 is 5.32 Å². The Kier molecular flexibility index (Phi) is 6.81. The predicted molar refractivity (Wildman–Crippen MR) is 64.2 cm³/mol. The van der Waals surface area contributed by atoms with Gasteiger partial charge in [-0.05, 0) is 18.3 Å². The van der Waals surface area contributed by atoms with Gasteiger partial charge in [0, 0.05) is 0 Å². The highest BCUT2D eigenvalue weighted by atomic mass is 16.5. The molecule has 0 spiro atoms. The summed E-state index contributed by atoms with van der Waals surface area (Å²) in [5, 5.41) is 11.7. The van der Waals surface area contributed by atoms with Gasteiger partial charge in [-0.25, -0.2) is 4.79 Å². The third-order valence-electron chi connectivity index (χ3n) is 2.12. The second-order valence-corrected chi connectivity index (χ2v) is 5.01. The second kappa shape index (κ2) is 7.28. The maximum atomic E-state index is 11.2. The molecule has 0 aliphatic carbocycles. The molecule has 0 aliphatic heterocycles. The van der Waals surface area contributed by atoms with Crippen molar-refractivity contribution in [3.63, 3.8) is 0 Å². The predicted octanol–water partition coefficient (Wildman–Crippen LogP) is 2.09. The van der Waals surface area contributed by atoms with Crippen LogP contribution >= 0.6 is 0 Å². The van der Waals surface area contributed by atoms with Crippen LogP contribution in [0.3, 0.4) is 0 Å². The van der Waals surface area contributed by atoms with Gasteiger partial charge in [0.15, 0.2) is 0 Å². The number of hydrogen-bond donors (Lipinski definition) is 2. The van der Waals surface area contributed by atoms with Crippen LogP contribution in [-0.2, 0) is 4.74 Å². The summed E-state index contributed by atoms with van der Waals surface area (Å²) in [6, 6.07) is -0.239. The van der Waals surface area contributed by atoms with Gasteiger partial charge in [-0.3, -0.25) is 0 Å². The average molecular weight is 229 g/mol. The number of hydrogen-bond acceptors (Lipinski definition) is 3. The van der Waals surface area contributed by atoms with Gasteiger partial charge < -0.3 is 15.2 Å². The molecule has 1 amide bonds. The van der Waals surface area contributed by atoms with Crippen LogP contribution in [0.25, 0.3) is 0 Å². The van der Waals surface area contributed by atoms with E-state index in [1.807, 2.05) is 0 Å². The second-order valence-electron chi connectivity index (χ2n) is 5.01. The normalized spacial score (nSPS) is 13.0. The van der Waals surface area contributed by atoms with E-state index in [4.69, 9.17) is 9.84 Å². The Balaban J connectivity index is 3.91. The lowest BCUT2D eigenvalue weighted by Crippen LogP contribution is -2.38. The molecular formula is C12H23NO3. The van der Waals surface area contributed by atoms with Gasteiger partial charge in [0.1, 0.15) is 6.61 Å². The molecule has 0 aromatic rings. The third kappa shape index (κ3) is 8.29. The topological polar surface area (TPSA) is 58.6 Å². The van der Waals surface area contributed by atoms with E-state index in [9.17, 15) is 4.79 Å². The number of ether oxygens (including phenoxy) is 1. The van der Waals surface area contributed by atoms with E-state index in [2.05, 4.69) is 32.7 Å². The van der Waals surface area contributed by atoms with Gasteiger partial charge >= 0.3 is 6.09 Å². The zero-order chi connectivity index (χ0) is 12.6. The number of aliphatic hydroxyl groups excluding tert-OH is 1. The van der Waals surface area contributed by atoms with Gasteiger partial charge in [-0.2, -0.15) is 0 Å². The Bertz CT molecular complexity index is 221. The first-order valence-corrected chi connectivity index (χ1v) is 5.54. The molecule has 16 heavy (non-hydrogen) atoms. The fourth-order valence-corrected chi connectivity index (χ4v) is 1.16. The van der Waals surface area contributed by atoms with Gasteiger partial charge in [-0.15, -0.1) is 0 Å². The zero-order valence-electron chi connectivity index (χ0n) is 10.5. The van der Waals surface area contributed by atoms with Crippen LogP contribution in [0, 0.1) is 5.41 Å². The van der Waals surface area contributed by atoms with Crippen molar-refractivity contribution >= 4 is 6.09 Å². The summed E-state index contributed by atoms with van der Waals surface area (Å²) in [5.74, 6) is 0. The maximum Gasteiger partial charge on any atom is 0.407 e. The number of carbonyl (C=O) groups is 1. The highest BCUT2D eigenvalue weighted by Crippen LogP contribution is 2.21. The minimum atomic E-state index is -0.507. The zero-order valence-corrected chi connectivity index (χ0v) is 10.5. The highest BCUT2D eigenvalue weighted by Gasteiger charge is 2.16. The summed E-state index contributed by atoms with van der Waals surface area (Å²) < 4.78 is 4.78. The monoisotopic (exact) mass is 229 g/mol. The van der Waals surface area contributed by atoms with Crippen LogP contribution in [0.2, 0.25) is 0 Å². The van der Waals surface area contributed by atoms with Crippen molar-refractivity contribution in [2.45, 2.75) is 39.7 Å². The van der Waals surface area contributed by atoms with E-state index in [1.54, 1.807) is 0 Å². The Morgan fingerprint density at radius 3 is 2.62 bits per heavy atom. The molecule has 4 nitrogen and oxygen atoms in total. The molecule has 0 rings (SSSR count). The molecule has 0 saturated carbocycles. The van der Waals surface area contributed by atoms with Crippen molar-refractivity contribution in [3.8, 4) is 0 Å². The highest BCUT2D eigenvalue weighted by molar-refractivity contribution is 5.67. The van der Waals surface area contributed by atoms with E-state index in [-0.39, 0.29) is 24.7 Å². The maximum absolute atomic E-state index is 11.2. The molecule has 1 atom stereocenters. The molecule has 2 N–H and O–H groups in total. The third-order valence-corrected chi connectivity index (χ3v) is 2.12. The smallest absolute Gasteiger partial charge is 0.407 e. The van der Waals surface area contributed by atoms with Crippen LogP contribution in [-0.4, -0.2) is 30.5 Å². The van der Waals surface area contributed by atoms with Gasteiger partial charge in [0.2, 0.25) is 0 Å². The van der Waals surface area contributed by atoms with E-state index in [0.29, 0.717) is 0 Å². The Labute approximate surface area is 97.7 Å². The number of amides is 1. The molecule has 0 saturated heterocycles. The number of alkyl carbamates (subject to hydrolysis) is 1. The molecule has 0 aromatic heterocycles. The number of aliphatic hydroxyl groups is 1. The summed E-state index contributed by atoms with van der Waals surface area (Å²) >= 11 is 0. The molecule has 0 bridgehead atoms. The first-order chi connectivity index (χ1) is 7.39. The van der Waals surface area contributed by atoms with Crippen molar-refractivity contribution in [2.24, 2.45) is 5.41 Å². The Hall–Kier alpha value is -1.03. The molecule has 94 valence electrons. The van der Waals surface area contributed by atoms with Crippen LogP contribution in [0.4, 0.5) is 4.79 Å². The van der Waals surface area contributed by atoms with Gasteiger partial charge in [-0.1, -0.05) is 33.4 Å². The molecule has 4 heteroatoms. The van der Waals surface area contributed by atoms with Crippen molar-refractivity contribution in [1.29, 1.82) is 0 Å². The van der Waals surface area contributed by atoms with Gasteiger partial charge in [0.25, 0.3) is 0 Å². The van der Waals surface area contributed by atoms with E-state index < -0.39 is 6.09 Å². The number of nitrogens with one attached hydrogen (secondary N) is 1. The van der Waals surface area contributed by atoms with E-state index in [0.717, 1.165) is 12.8 Å². The number of rotatable bonds is 6. The minimum absolute atomic E-state index is 0.0702. The van der Waals surface area contributed by atoms with Gasteiger partial charge in [0.05, 0.1) is 12.6 Å². The van der Waals surface area contributed by atoms with E-state index >= 15 is 0 Å². The molecule has 0 radical (unpaired) electrons. The lowest BCUT2D eigenvalue weighted by Gasteiger charge is -2.22. The first kappa shape index (κ1) is 15.0. The summed E-state index contributed by atoms with van der Waals surface area (Å²) in [7, 11) is 0. The summed E-state index contributed by atoms with van der Waals surface area (Å²) in [6.45, 7) is 9.93. The first-order valence-electron chi connectivity index (χ1n) is 5.54. The molecule has 0 fully saturated rings. The number of carbonyl (C=O) groups excluding carboxylic acids is 1. The Morgan fingerprint density at radius 1 is 1.56 bits per heavy atom. The van der Waals surface area contributed by atoms with Crippen LogP contribution in [0.5, 0.6) is 0 Å². The fraction of sp³-hybridized carbons (Fsp3) is 0.750. The molecule has 1 unspecified atom stereocenters. The summed E-state index contributed by atoms with van der Waals surface area (Å²) in [4.78, 5) is 11.2. The van der Waals surface area contributed by atoms with E-state index in [1.165, 1.54) is 6.08 Å². The molecule has 0 aromatic carbocycles. The standard InChI is InChI=1S/C12H23NO3/c1-5-8-16-11(15)13-10(9-14)6-7-12(2,3)4/h5,10,14H,1,6-9H2,2-4H3,(H,13,15). The summed E-state index contributed by atoms with van der Waals surface area (Å²) in [6.07, 6.45) is 2.67. The Morgan fingerprint density at radius 2 is 2.19 bits per heavy atom. The summed E-state index contributed by atoms with van der Waals surface area (Å²) in [5.41, 5.74) is 0.195. The molecule has 0 aliphatic rings.